The first-order valence-corrected chi connectivity index (χ1v) is 9.70. The van der Waals surface area contributed by atoms with Crippen LogP contribution in [-0.4, -0.2) is 43.2 Å². The summed E-state index contributed by atoms with van der Waals surface area (Å²) in [6.45, 7) is 6.77. The number of hydrogen-bond donors (Lipinski definition) is 2. The van der Waals surface area contributed by atoms with Gasteiger partial charge in [-0.05, 0) is 43.8 Å². The summed E-state index contributed by atoms with van der Waals surface area (Å²) in [7, 11) is 1.60. The van der Waals surface area contributed by atoms with Crippen LogP contribution in [0.15, 0.2) is 24.3 Å². The van der Waals surface area contributed by atoms with Gasteiger partial charge in [0.25, 0.3) is 0 Å². The van der Waals surface area contributed by atoms with Crippen molar-refractivity contribution in [2.24, 2.45) is 0 Å². The Morgan fingerprint density at radius 2 is 1.93 bits per heavy atom. The van der Waals surface area contributed by atoms with Crippen molar-refractivity contribution >= 4 is 11.4 Å². The lowest BCUT2D eigenvalue weighted by atomic mass is 10.0. The molecule has 2 rings (SSSR count). The van der Waals surface area contributed by atoms with E-state index in [2.05, 4.69) is 15.2 Å². The molecule has 0 fully saturated rings. The molecule has 9 heteroatoms. The van der Waals surface area contributed by atoms with Gasteiger partial charge in [0.1, 0.15) is 11.8 Å². The quantitative estimate of drug-likeness (QED) is 0.585. The van der Waals surface area contributed by atoms with E-state index in [0.717, 1.165) is 25.7 Å². The Balaban J connectivity index is 2.32. The standard InChI is InChI=1S/C21H26F3N5O/c1-4-29(5-2)9-6-10-30-19-8-7-14(11-15(19)21(22,23)24)16-12-17(27-3)20(26)18(13-25)28-16/h7-8,11-12H,4-6,9-10,26H2,1-3H3,(H,27,28). The summed E-state index contributed by atoms with van der Waals surface area (Å²) in [5, 5.41) is 12.0. The van der Waals surface area contributed by atoms with Crippen LogP contribution >= 0.6 is 0 Å². The highest BCUT2D eigenvalue weighted by molar-refractivity contribution is 5.77. The van der Waals surface area contributed by atoms with Gasteiger partial charge in [-0.3, -0.25) is 0 Å². The molecule has 0 bridgehead atoms. The monoisotopic (exact) mass is 421 g/mol. The van der Waals surface area contributed by atoms with Gasteiger partial charge in [0.05, 0.1) is 29.2 Å². The van der Waals surface area contributed by atoms with Crippen molar-refractivity contribution in [3.8, 4) is 23.1 Å². The number of rotatable bonds is 9. The molecule has 0 spiro atoms. The number of benzene rings is 1. The molecular weight excluding hydrogens is 395 g/mol. The van der Waals surface area contributed by atoms with Crippen molar-refractivity contribution in [2.45, 2.75) is 26.4 Å². The first kappa shape index (κ1) is 23.3. The SMILES string of the molecule is CCN(CC)CCCOc1ccc(-c2cc(NC)c(N)c(C#N)n2)cc1C(F)(F)F. The fourth-order valence-corrected chi connectivity index (χ4v) is 3.04. The smallest absolute Gasteiger partial charge is 0.419 e. The number of hydrogen-bond acceptors (Lipinski definition) is 6. The molecule has 0 amide bonds. The molecule has 0 saturated heterocycles. The fourth-order valence-electron chi connectivity index (χ4n) is 3.04. The lowest BCUT2D eigenvalue weighted by molar-refractivity contribution is -0.138. The van der Waals surface area contributed by atoms with Gasteiger partial charge in [0.15, 0.2) is 5.69 Å². The Kier molecular flexibility index (Phi) is 7.89. The van der Waals surface area contributed by atoms with Gasteiger partial charge < -0.3 is 20.7 Å². The number of nitrogens with two attached hydrogens (primary N) is 1. The molecular formula is C21H26F3N5O. The Hall–Kier alpha value is -2.99. The predicted molar refractivity (Wildman–Crippen MR) is 111 cm³/mol. The van der Waals surface area contributed by atoms with E-state index in [1.54, 1.807) is 7.05 Å². The van der Waals surface area contributed by atoms with Crippen molar-refractivity contribution in [3.63, 3.8) is 0 Å². The highest BCUT2D eigenvalue weighted by atomic mass is 19.4. The molecule has 0 atom stereocenters. The molecule has 2 aromatic rings. The van der Waals surface area contributed by atoms with E-state index < -0.39 is 11.7 Å². The van der Waals surface area contributed by atoms with Crippen molar-refractivity contribution in [1.29, 1.82) is 5.26 Å². The first-order chi connectivity index (χ1) is 14.2. The van der Waals surface area contributed by atoms with Crippen LogP contribution in [0.3, 0.4) is 0 Å². The largest absolute Gasteiger partial charge is 0.493 e. The third kappa shape index (κ3) is 5.54. The average Bonchev–Trinajstić information content (AvgIpc) is 2.73. The molecule has 6 nitrogen and oxygen atoms in total. The van der Waals surface area contributed by atoms with Gasteiger partial charge in [-0.2, -0.15) is 18.4 Å². The lowest BCUT2D eigenvalue weighted by Gasteiger charge is -2.19. The molecule has 0 unspecified atom stereocenters. The third-order valence-corrected chi connectivity index (χ3v) is 4.79. The van der Waals surface area contributed by atoms with Crippen molar-refractivity contribution in [2.75, 3.05) is 44.3 Å². The van der Waals surface area contributed by atoms with Gasteiger partial charge in [0.2, 0.25) is 0 Å². The number of nitrogens with one attached hydrogen (secondary N) is 1. The summed E-state index contributed by atoms with van der Waals surface area (Å²) in [5.41, 5.74) is 5.89. The van der Waals surface area contributed by atoms with Crippen LogP contribution in [0.4, 0.5) is 24.5 Å². The van der Waals surface area contributed by atoms with Crippen LogP contribution in [-0.2, 0) is 6.18 Å². The number of nitrogen functional groups attached to an aromatic ring is 1. The Labute approximate surface area is 174 Å². The minimum atomic E-state index is -4.60. The molecule has 0 radical (unpaired) electrons. The van der Waals surface area contributed by atoms with Gasteiger partial charge in [-0.1, -0.05) is 13.8 Å². The molecule has 1 heterocycles. The molecule has 0 saturated carbocycles. The third-order valence-electron chi connectivity index (χ3n) is 4.79. The zero-order valence-corrected chi connectivity index (χ0v) is 17.3. The number of halogens is 3. The van der Waals surface area contributed by atoms with Crippen LogP contribution in [0.5, 0.6) is 5.75 Å². The van der Waals surface area contributed by atoms with Gasteiger partial charge >= 0.3 is 6.18 Å². The number of nitriles is 1. The van der Waals surface area contributed by atoms with Crippen molar-refractivity contribution in [3.05, 3.63) is 35.5 Å². The summed E-state index contributed by atoms with van der Waals surface area (Å²) in [4.78, 5) is 6.27. The summed E-state index contributed by atoms with van der Waals surface area (Å²) in [6.07, 6.45) is -3.97. The van der Waals surface area contributed by atoms with E-state index >= 15 is 0 Å². The second kappa shape index (κ2) is 10.2. The minimum absolute atomic E-state index is 0.0536. The zero-order chi connectivity index (χ0) is 22.3. The van der Waals surface area contributed by atoms with Crippen LogP contribution in [0.2, 0.25) is 0 Å². The van der Waals surface area contributed by atoms with E-state index in [-0.39, 0.29) is 35.0 Å². The summed E-state index contributed by atoms with van der Waals surface area (Å²) in [6, 6.07) is 7.14. The number of pyridine rings is 1. The molecule has 3 N–H and O–H groups in total. The van der Waals surface area contributed by atoms with E-state index in [0.29, 0.717) is 12.1 Å². The van der Waals surface area contributed by atoms with Gasteiger partial charge in [-0.25, -0.2) is 4.98 Å². The average molecular weight is 421 g/mol. The van der Waals surface area contributed by atoms with E-state index in [1.807, 2.05) is 19.9 Å². The Bertz CT molecular complexity index is 905. The number of alkyl halides is 3. The highest BCUT2D eigenvalue weighted by Crippen LogP contribution is 2.39. The predicted octanol–water partition coefficient (Wildman–Crippen LogP) is 4.37. The number of anilines is 2. The maximum Gasteiger partial charge on any atom is 0.419 e. The number of aromatic nitrogens is 1. The maximum atomic E-state index is 13.7. The second-order valence-electron chi connectivity index (χ2n) is 6.62. The second-order valence-corrected chi connectivity index (χ2v) is 6.62. The minimum Gasteiger partial charge on any atom is -0.493 e. The van der Waals surface area contributed by atoms with Crippen LogP contribution in [0.25, 0.3) is 11.3 Å². The maximum absolute atomic E-state index is 13.7. The Morgan fingerprint density at radius 3 is 2.50 bits per heavy atom. The first-order valence-electron chi connectivity index (χ1n) is 9.70. The van der Waals surface area contributed by atoms with E-state index in [1.165, 1.54) is 18.2 Å². The highest BCUT2D eigenvalue weighted by Gasteiger charge is 2.35. The molecule has 1 aromatic carbocycles. The van der Waals surface area contributed by atoms with Crippen LogP contribution in [0, 0.1) is 11.3 Å². The molecule has 1 aromatic heterocycles. The number of nitrogens with zero attached hydrogens (tertiary/aromatic N) is 3. The summed E-state index contributed by atoms with van der Waals surface area (Å²) >= 11 is 0. The lowest BCUT2D eigenvalue weighted by Crippen LogP contribution is -2.25. The van der Waals surface area contributed by atoms with E-state index in [4.69, 9.17) is 10.5 Å². The summed E-state index contributed by atoms with van der Waals surface area (Å²) < 4.78 is 46.4. The topological polar surface area (TPSA) is 87.2 Å². The van der Waals surface area contributed by atoms with Crippen molar-refractivity contribution < 1.29 is 17.9 Å². The van der Waals surface area contributed by atoms with Crippen LogP contribution < -0.4 is 15.8 Å². The molecule has 30 heavy (non-hydrogen) atoms. The van der Waals surface area contributed by atoms with E-state index in [9.17, 15) is 18.4 Å². The normalized spacial score (nSPS) is 11.4. The molecule has 0 aliphatic heterocycles. The van der Waals surface area contributed by atoms with Crippen molar-refractivity contribution in [1.82, 2.24) is 9.88 Å². The zero-order valence-electron chi connectivity index (χ0n) is 17.3. The van der Waals surface area contributed by atoms with Gasteiger partial charge in [-0.15, -0.1) is 0 Å². The number of ether oxygens (including phenoxy) is 1. The fraction of sp³-hybridized carbons (Fsp3) is 0.429. The molecule has 0 aliphatic carbocycles. The molecule has 0 aliphatic rings. The van der Waals surface area contributed by atoms with Gasteiger partial charge in [0, 0.05) is 19.2 Å². The molecule has 162 valence electrons. The summed E-state index contributed by atoms with van der Waals surface area (Å²) in [5.74, 6) is -0.226. The Morgan fingerprint density at radius 1 is 1.23 bits per heavy atom. The van der Waals surface area contributed by atoms with Crippen LogP contribution in [0.1, 0.15) is 31.5 Å².